The molecule has 0 bridgehead atoms. The molecule has 0 aromatic carbocycles. The fraction of sp³-hybridized carbons (Fsp3) is 0.800. The summed E-state index contributed by atoms with van der Waals surface area (Å²) in [5.41, 5.74) is 0. The van der Waals surface area contributed by atoms with Gasteiger partial charge in [0.05, 0.1) is 13.7 Å². The van der Waals surface area contributed by atoms with Crippen molar-refractivity contribution in [2.75, 3.05) is 26.9 Å². The van der Waals surface area contributed by atoms with Crippen LogP contribution in [0, 0.1) is 5.92 Å². The van der Waals surface area contributed by atoms with Crippen molar-refractivity contribution < 1.29 is 24.2 Å². The van der Waals surface area contributed by atoms with Crippen molar-refractivity contribution in [2.45, 2.75) is 18.9 Å². The zero-order chi connectivity index (χ0) is 12.0. The van der Waals surface area contributed by atoms with E-state index < -0.39 is 18.6 Å². The molecule has 0 aliphatic carbocycles. The molecule has 1 heterocycles. The highest BCUT2D eigenvalue weighted by Crippen LogP contribution is 2.14. The summed E-state index contributed by atoms with van der Waals surface area (Å²) in [6, 6.07) is -0.972. The molecule has 0 aromatic rings. The van der Waals surface area contributed by atoms with Crippen LogP contribution in [0.2, 0.25) is 0 Å². The molecule has 6 heteroatoms. The van der Waals surface area contributed by atoms with Gasteiger partial charge in [-0.2, -0.15) is 0 Å². The van der Waals surface area contributed by atoms with Crippen molar-refractivity contribution in [3.05, 3.63) is 0 Å². The van der Waals surface area contributed by atoms with Gasteiger partial charge in [0, 0.05) is 19.1 Å². The average molecular weight is 231 g/mol. The first-order valence-corrected chi connectivity index (χ1v) is 5.25. The van der Waals surface area contributed by atoms with E-state index in [0.29, 0.717) is 26.1 Å². The minimum atomic E-state index is -0.972. The topological polar surface area (TPSA) is 84.9 Å². The molecule has 1 atom stereocenters. The van der Waals surface area contributed by atoms with Gasteiger partial charge in [-0.25, -0.2) is 4.79 Å². The van der Waals surface area contributed by atoms with E-state index in [2.05, 4.69) is 10.1 Å². The second kappa shape index (κ2) is 6.44. The number of esters is 1. The minimum Gasteiger partial charge on any atom is -0.467 e. The molecule has 1 rings (SSSR count). The van der Waals surface area contributed by atoms with Crippen LogP contribution in [0.1, 0.15) is 12.8 Å². The Balaban J connectivity index is 2.44. The van der Waals surface area contributed by atoms with Gasteiger partial charge in [0.2, 0.25) is 5.91 Å². The van der Waals surface area contributed by atoms with E-state index >= 15 is 0 Å². The number of hydrogen-bond acceptors (Lipinski definition) is 5. The number of carbonyl (C=O) groups excluding carboxylic acids is 2. The van der Waals surface area contributed by atoms with E-state index in [1.807, 2.05) is 0 Å². The third kappa shape index (κ3) is 3.46. The van der Waals surface area contributed by atoms with Crippen LogP contribution in [0.5, 0.6) is 0 Å². The lowest BCUT2D eigenvalue weighted by molar-refractivity contribution is -0.147. The highest BCUT2D eigenvalue weighted by Gasteiger charge is 2.26. The quantitative estimate of drug-likeness (QED) is 0.610. The van der Waals surface area contributed by atoms with Gasteiger partial charge in [0.1, 0.15) is 0 Å². The Morgan fingerprint density at radius 2 is 2.12 bits per heavy atom. The lowest BCUT2D eigenvalue weighted by atomic mass is 9.99. The maximum atomic E-state index is 11.7. The van der Waals surface area contributed by atoms with Crippen LogP contribution in [-0.2, 0) is 19.1 Å². The molecule has 16 heavy (non-hydrogen) atoms. The van der Waals surface area contributed by atoms with Crippen molar-refractivity contribution >= 4 is 11.9 Å². The minimum absolute atomic E-state index is 0.146. The Morgan fingerprint density at radius 3 is 2.62 bits per heavy atom. The van der Waals surface area contributed by atoms with Crippen LogP contribution in [0.25, 0.3) is 0 Å². The molecule has 1 aliphatic heterocycles. The monoisotopic (exact) mass is 231 g/mol. The summed E-state index contributed by atoms with van der Waals surface area (Å²) in [4.78, 5) is 22.8. The van der Waals surface area contributed by atoms with Gasteiger partial charge in [-0.05, 0) is 12.8 Å². The Hall–Kier alpha value is -1.14. The number of aliphatic hydroxyl groups excluding tert-OH is 1. The summed E-state index contributed by atoms with van der Waals surface area (Å²) in [5, 5.41) is 11.4. The Morgan fingerprint density at radius 1 is 1.50 bits per heavy atom. The number of carbonyl (C=O) groups is 2. The lowest BCUT2D eigenvalue weighted by Crippen LogP contribution is -2.47. The SMILES string of the molecule is COC(=O)[C@H](CO)NC(=O)C1CCOCC1. The third-order valence-electron chi connectivity index (χ3n) is 2.58. The number of nitrogens with one attached hydrogen (secondary N) is 1. The van der Waals surface area contributed by atoms with Gasteiger partial charge >= 0.3 is 5.97 Å². The standard InChI is InChI=1S/C10H17NO5/c1-15-10(14)8(6-12)11-9(13)7-2-4-16-5-3-7/h7-8,12H,2-6H2,1H3,(H,11,13)/t8-/m0/s1. The molecule has 0 spiro atoms. The van der Waals surface area contributed by atoms with Crippen molar-refractivity contribution in [1.82, 2.24) is 5.32 Å². The Labute approximate surface area is 93.9 Å². The van der Waals surface area contributed by atoms with Crippen LogP contribution in [0.15, 0.2) is 0 Å². The molecule has 0 aromatic heterocycles. The number of amides is 1. The molecule has 0 saturated carbocycles. The van der Waals surface area contributed by atoms with E-state index in [4.69, 9.17) is 9.84 Å². The van der Waals surface area contributed by atoms with E-state index in [0.717, 1.165) is 0 Å². The zero-order valence-corrected chi connectivity index (χ0v) is 9.27. The first kappa shape index (κ1) is 12.9. The summed E-state index contributed by atoms with van der Waals surface area (Å²) < 4.78 is 9.58. The highest BCUT2D eigenvalue weighted by atomic mass is 16.5. The molecule has 92 valence electrons. The number of methoxy groups -OCH3 is 1. The van der Waals surface area contributed by atoms with Gasteiger partial charge in [-0.3, -0.25) is 4.79 Å². The molecule has 1 saturated heterocycles. The summed E-state index contributed by atoms with van der Waals surface area (Å²) in [5.74, 6) is -1.01. The van der Waals surface area contributed by atoms with Gasteiger partial charge in [0.15, 0.2) is 6.04 Å². The molecular formula is C10H17NO5. The number of ether oxygens (including phenoxy) is 2. The second-order valence-corrected chi connectivity index (χ2v) is 3.65. The molecule has 0 radical (unpaired) electrons. The molecule has 1 amide bonds. The fourth-order valence-corrected chi connectivity index (χ4v) is 1.57. The van der Waals surface area contributed by atoms with E-state index in [1.165, 1.54) is 7.11 Å². The maximum absolute atomic E-state index is 11.7. The maximum Gasteiger partial charge on any atom is 0.330 e. The van der Waals surface area contributed by atoms with Crippen molar-refractivity contribution in [2.24, 2.45) is 5.92 Å². The summed E-state index contributed by atoms with van der Waals surface area (Å²) in [7, 11) is 1.21. The fourth-order valence-electron chi connectivity index (χ4n) is 1.57. The molecule has 1 aliphatic rings. The smallest absolute Gasteiger partial charge is 0.330 e. The Kier molecular flexibility index (Phi) is 5.21. The molecule has 1 fully saturated rings. The summed E-state index contributed by atoms with van der Waals surface area (Å²) in [6.45, 7) is 0.655. The molecule has 6 nitrogen and oxygen atoms in total. The van der Waals surface area contributed by atoms with Crippen molar-refractivity contribution in [3.8, 4) is 0 Å². The van der Waals surface area contributed by atoms with E-state index in [9.17, 15) is 9.59 Å². The first-order chi connectivity index (χ1) is 7.69. The van der Waals surface area contributed by atoms with Crippen molar-refractivity contribution in [1.29, 1.82) is 0 Å². The molecular weight excluding hydrogens is 214 g/mol. The van der Waals surface area contributed by atoms with Crippen molar-refractivity contribution in [3.63, 3.8) is 0 Å². The summed E-state index contributed by atoms with van der Waals surface area (Å²) >= 11 is 0. The lowest BCUT2D eigenvalue weighted by Gasteiger charge is -2.23. The average Bonchev–Trinajstić information content (AvgIpc) is 2.35. The van der Waals surface area contributed by atoms with Crippen LogP contribution < -0.4 is 5.32 Å². The largest absolute Gasteiger partial charge is 0.467 e. The zero-order valence-electron chi connectivity index (χ0n) is 9.27. The van der Waals surface area contributed by atoms with E-state index in [1.54, 1.807) is 0 Å². The third-order valence-corrected chi connectivity index (χ3v) is 2.58. The molecule has 0 unspecified atom stereocenters. The second-order valence-electron chi connectivity index (χ2n) is 3.65. The summed E-state index contributed by atoms with van der Waals surface area (Å²) in [6.07, 6.45) is 1.29. The van der Waals surface area contributed by atoms with Crippen LogP contribution in [-0.4, -0.2) is 50.0 Å². The first-order valence-electron chi connectivity index (χ1n) is 5.25. The van der Waals surface area contributed by atoms with Gasteiger partial charge in [-0.15, -0.1) is 0 Å². The Bertz CT molecular complexity index is 250. The predicted octanol–water partition coefficient (Wildman–Crippen LogP) is -0.937. The van der Waals surface area contributed by atoms with Gasteiger partial charge < -0.3 is 19.9 Å². The highest BCUT2D eigenvalue weighted by molar-refractivity contribution is 5.85. The van der Waals surface area contributed by atoms with Crippen LogP contribution >= 0.6 is 0 Å². The number of rotatable bonds is 4. The predicted molar refractivity (Wildman–Crippen MR) is 54.6 cm³/mol. The normalized spacial score (nSPS) is 18.9. The van der Waals surface area contributed by atoms with Crippen LogP contribution in [0.4, 0.5) is 0 Å². The van der Waals surface area contributed by atoms with E-state index in [-0.39, 0.29) is 11.8 Å². The van der Waals surface area contributed by atoms with Gasteiger partial charge in [-0.1, -0.05) is 0 Å². The molecule has 2 N–H and O–H groups in total. The number of aliphatic hydroxyl groups is 1. The van der Waals surface area contributed by atoms with Crippen LogP contribution in [0.3, 0.4) is 0 Å². The van der Waals surface area contributed by atoms with Gasteiger partial charge in [0.25, 0.3) is 0 Å². The number of hydrogen-bond donors (Lipinski definition) is 2.